The Hall–Kier alpha value is -0.570. The van der Waals surface area contributed by atoms with E-state index in [1.165, 1.54) is 19.3 Å². The third-order valence-electron chi connectivity index (χ3n) is 3.98. The molecular formula is C9H14N2O. The van der Waals surface area contributed by atoms with Crippen molar-refractivity contribution in [3.8, 4) is 0 Å². The summed E-state index contributed by atoms with van der Waals surface area (Å²) < 4.78 is 0. The second kappa shape index (κ2) is 1.84. The molecule has 3 unspecified atom stereocenters. The van der Waals surface area contributed by atoms with E-state index < -0.39 is 0 Å². The number of nitrogens with zero attached hydrogens (tertiary/aromatic N) is 1. The number of hydrogen-bond acceptors (Lipinski definition) is 2. The minimum atomic E-state index is -0.189. The molecule has 1 amide bonds. The molecular weight excluding hydrogens is 152 g/mol. The number of carbonyl (C=O) groups excluding carboxylic acids is 1. The van der Waals surface area contributed by atoms with Crippen LogP contribution >= 0.6 is 0 Å². The standard InChI is InChI=1S/C9H14N2O/c10-8(12)9-3-1-2-6-4-7(5-9)11(6)9/h6-7H,1-5H2,(H2,10,12). The van der Waals surface area contributed by atoms with E-state index >= 15 is 0 Å². The number of piperidine rings is 2. The van der Waals surface area contributed by atoms with E-state index in [9.17, 15) is 4.79 Å². The van der Waals surface area contributed by atoms with E-state index in [1.807, 2.05) is 0 Å². The van der Waals surface area contributed by atoms with E-state index in [0.717, 1.165) is 12.8 Å². The van der Waals surface area contributed by atoms with Gasteiger partial charge >= 0.3 is 0 Å². The molecule has 66 valence electrons. The lowest BCUT2D eigenvalue weighted by Crippen LogP contribution is -2.81. The zero-order valence-corrected chi connectivity index (χ0v) is 7.12. The summed E-state index contributed by atoms with van der Waals surface area (Å²) in [5.74, 6) is -0.0804. The van der Waals surface area contributed by atoms with Crippen LogP contribution in [0.4, 0.5) is 0 Å². The summed E-state index contributed by atoms with van der Waals surface area (Å²) in [5, 5.41) is 0. The Bertz CT molecular complexity index is 247. The van der Waals surface area contributed by atoms with E-state index in [2.05, 4.69) is 4.90 Å². The Kier molecular flexibility index (Phi) is 1.06. The lowest BCUT2D eigenvalue weighted by atomic mass is 9.61. The average Bonchev–Trinajstić information content (AvgIpc) is 1.91. The quantitative estimate of drug-likeness (QED) is 0.606. The fraction of sp³-hybridized carbons (Fsp3) is 0.889. The van der Waals surface area contributed by atoms with Gasteiger partial charge in [-0.25, -0.2) is 0 Å². The molecule has 0 aliphatic carbocycles. The number of rotatable bonds is 1. The highest BCUT2D eigenvalue weighted by molar-refractivity contribution is 5.86. The van der Waals surface area contributed by atoms with Crippen molar-refractivity contribution in [2.45, 2.75) is 49.7 Å². The van der Waals surface area contributed by atoms with Gasteiger partial charge in [0, 0.05) is 12.1 Å². The lowest BCUT2D eigenvalue weighted by Gasteiger charge is -2.70. The van der Waals surface area contributed by atoms with Crippen LogP contribution in [0.5, 0.6) is 0 Å². The molecule has 0 aromatic heterocycles. The summed E-state index contributed by atoms with van der Waals surface area (Å²) in [7, 11) is 0. The molecule has 0 spiro atoms. The van der Waals surface area contributed by atoms with Crippen molar-refractivity contribution < 1.29 is 4.79 Å². The van der Waals surface area contributed by atoms with E-state index in [4.69, 9.17) is 5.73 Å². The molecule has 0 aromatic rings. The predicted molar refractivity (Wildman–Crippen MR) is 44.4 cm³/mol. The van der Waals surface area contributed by atoms with Crippen LogP contribution in [-0.4, -0.2) is 28.4 Å². The SMILES string of the molecule is NC(=O)C12CCCC3CC(C1)N32. The number of nitrogens with two attached hydrogens (primary N) is 1. The van der Waals surface area contributed by atoms with Gasteiger partial charge in [-0.05, 0) is 32.1 Å². The first-order valence-corrected chi connectivity index (χ1v) is 4.82. The predicted octanol–water partition coefficient (Wildman–Crippen LogP) is 0.241. The van der Waals surface area contributed by atoms with Gasteiger partial charge in [-0.2, -0.15) is 0 Å². The minimum Gasteiger partial charge on any atom is -0.368 e. The first-order valence-electron chi connectivity index (χ1n) is 4.82. The summed E-state index contributed by atoms with van der Waals surface area (Å²) in [6.45, 7) is 0. The third-order valence-corrected chi connectivity index (χ3v) is 3.98. The zero-order chi connectivity index (χ0) is 8.34. The summed E-state index contributed by atoms with van der Waals surface area (Å²) >= 11 is 0. The maximum Gasteiger partial charge on any atom is 0.238 e. The highest BCUT2D eigenvalue weighted by Gasteiger charge is 2.65. The van der Waals surface area contributed by atoms with Crippen molar-refractivity contribution >= 4 is 5.91 Å². The molecule has 2 N–H and O–H groups in total. The molecule has 3 aliphatic rings. The molecule has 3 rings (SSSR count). The van der Waals surface area contributed by atoms with Crippen LogP contribution in [0.3, 0.4) is 0 Å². The minimum absolute atomic E-state index is 0.0804. The summed E-state index contributed by atoms with van der Waals surface area (Å²) in [5.41, 5.74) is 5.26. The van der Waals surface area contributed by atoms with Gasteiger partial charge in [0.05, 0.1) is 0 Å². The second-order valence-electron chi connectivity index (χ2n) is 4.44. The van der Waals surface area contributed by atoms with Gasteiger partial charge in [-0.15, -0.1) is 0 Å². The highest BCUT2D eigenvalue weighted by atomic mass is 16.2. The van der Waals surface area contributed by atoms with Gasteiger partial charge in [-0.1, -0.05) is 0 Å². The lowest BCUT2D eigenvalue weighted by molar-refractivity contribution is -0.207. The summed E-state index contributed by atoms with van der Waals surface area (Å²) in [4.78, 5) is 13.7. The van der Waals surface area contributed by atoms with Crippen LogP contribution < -0.4 is 5.73 Å². The van der Waals surface area contributed by atoms with E-state index in [0.29, 0.717) is 12.1 Å². The molecule has 12 heavy (non-hydrogen) atoms. The van der Waals surface area contributed by atoms with Crippen molar-refractivity contribution in [2.75, 3.05) is 0 Å². The molecule has 0 aromatic carbocycles. The topological polar surface area (TPSA) is 46.3 Å². The number of hydrogen-bond donors (Lipinski definition) is 1. The highest BCUT2D eigenvalue weighted by Crippen LogP contribution is 2.55. The Labute approximate surface area is 71.9 Å². The van der Waals surface area contributed by atoms with Gasteiger partial charge in [0.2, 0.25) is 5.91 Å². The normalized spacial score (nSPS) is 50.3. The van der Waals surface area contributed by atoms with Crippen molar-refractivity contribution in [1.82, 2.24) is 4.90 Å². The molecule has 3 heterocycles. The van der Waals surface area contributed by atoms with E-state index in [1.54, 1.807) is 0 Å². The molecule has 3 fully saturated rings. The molecule has 0 radical (unpaired) electrons. The zero-order valence-electron chi connectivity index (χ0n) is 7.12. The van der Waals surface area contributed by atoms with Crippen LogP contribution in [0.1, 0.15) is 32.1 Å². The first kappa shape index (κ1) is 6.89. The maximum absolute atomic E-state index is 11.3. The van der Waals surface area contributed by atoms with Crippen molar-refractivity contribution in [3.05, 3.63) is 0 Å². The fourth-order valence-corrected chi connectivity index (χ4v) is 3.43. The second-order valence-corrected chi connectivity index (χ2v) is 4.44. The molecule has 3 aliphatic heterocycles. The van der Waals surface area contributed by atoms with Crippen LogP contribution in [0.2, 0.25) is 0 Å². The Morgan fingerprint density at radius 1 is 1.50 bits per heavy atom. The van der Waals surface area contributed by atoms with Crippen LogP contribution in [-0.2, 0) is 4.79 Å². The monoisotopic (exact) mass is 166 g/mol. The van der Waals surface area contributed by atoms with Gasteiger partial charge in [0.15, 0.2) is 0 Å². The van der Waals surface area contributed by atoms with Gasteiger partial charge < -0.3 is 5.73 Å². The largest absolute Gasteiger partial charge is 0.368 e. The van der Waals surface area contributed by atoms with Gasteiger partial charge in [0.1, 0.15) is 5.54 Å². The molecule has 3 saturated heterocycles. The Morgan fingerprint density at radius 2 is 2.33 bits per heavy atom. The van der Waals surface area contributed by atoms with Gasteiger partial charge in [-0.3, -0.25) is 9.69 Å². The van der Waals surface area contributed by atoms with Crippen LogP contribution in [0, 0.1) is 0 Å². The first-order chi connectivity index (χ1) is 5.74. The van der Waals surface area contributed by atoms with Crippen LogP contribution in [0.15, 0.2) is 0 Å². The Morgan fingerprint density at radius 3 is 2.92 bits per heavy atom. The number of carbonyl (C=O) groups is 1. The molecule has 0 bridgehead atoms. The third kappa shape index (κ3) is 0.534. The van der Waals surface area contributed by atoms with E-state index in [-0.39, 0.29) is 11.4 Å². The molecule has 0 saturated carbocycles. The number of primary amides is 1. The summed E-state index contributed by atoms with van der Waals surface area (Å²) in [6.07, 6.45) is 5.84. The van der Waals surface area contributed by atoms with Crippen molar-refractivity contribution in [3.63, 3.8) is 0 Å². The van der Waals surface area contributed by atoms with Crippen LogP contribution in [0.25, 0.3) is 0 Å². The smallest absolute Gasteiger partial charge is 0.238 e. The van der Waals surface area contributed by atoms with Crippen molar-refractivity contribution in [2.24, 2.45) is 5.73 Å². The average molecular weight is 166 g/mol. The molecule has 3 heteroatoms. The van der Waals surface area contributed by atoms with Gasteiger partial charge in [0.25, 0.3) is 0 Å². The maximum atomic E-state index is 11.3. The summed E-state index contributed by atoms with van der Waals surface area (Å²) in [6, 6.07) is 1.41. The van der Waals surface area contributed by atoms with Crippen molar-refractivity contribution in [1.29, 1.82) is 0 Å². The number of amides is 1. The Balaban J connectivity index is 1.92. The molecule has 3 atom stereocenters. The fourth-order valence-electron chi connectivity index (χ4n) is 3.43. The molecule has 3 nitrogen and oxygen atoms in total.